The predicted octanol–water partition coefficient (Wildman–Crippen LogP) is 2.26. The number of para-hydroxylation sites is 1. The highest BCUT2D eigenvalue weighted by molar-refractivity contribution is 7.52. The van der Waals surface area contributed by atoms with E-state index >= 15 is 0 Å². The number of aliphatic hydroxyl groups is 1. The number of terminal acetylenes is 1. The first-order valence-corrected chi connectivity index (χ1v) is 13.2. The number of aliphatic hydroxyl groups excluding tert-OH is 1. The molecule has 6 atom stereocenters. The van der Waals surface area contributed by atoms with Gasteiger partial charge in [-0.25, -0.2) is 4.57 Å². The third kappa shape index (κ3) is 6.60. The third-order valence-electron chi connectivity index (χ3n) is 5.75. The minimum atomic E-state index is -4.19. The van der Waals surface area contributed by atoms with Gasteiger partial charge in [-0.1, -0.05) is 30.7 Å². The first-order valence-electron chi connectivity index (χ1n) is 11.6. The molecule has 0 bridgehead atoms. The van der Waals surface area contributed by atoms with Crippen LogP contribution in [0.3, 0.4) is 0 Å². The van der Waals surface area contributed by atoms with Gasteiger partial charge >= 0.3 is 13.7 Å². The van der Waals surface area contributed by atoms with Crippen LogP contribution in [0.15, 0.2) is 55.0 Å². The van der Waals surface area contributed by atoms with Gasteiger partial charge in [-0.05, 0) is 39.8 Å². The van der Waals surface area contributed by atoms with Gasteiger partial charge in [-0.2, -0.15) is 5.09 Å². The molecule has 2 aliphatic heterocycles. The normalized spacial score (nSPS) is 27.8. The lowest BCUT2D eigenvalue weighted by atomic mass is 9.82. The summed E-state index contributed by atoms with van der Waals surface area (Å²) < 4.78 is 36.2. The molecule has 200 valence electrons. The second-order valence-electron chi connectivity index (χ2n) is 9.09. The van der Waals surface area contributed by atoms with E-state index < -0.39 is 50.2 Å². The zero-order chi connectivity index (χ0) is 27.4. The van der Waals surface area contributed by atoms with E-state index in [0.29, 0.717) is 0 Å². The highest BCUT2D eigenvalue weighted by Gasteiger charge is 2.55. The summed E-state index contributed by atoms with van der Waals surface area (Å²) in [5, 5.41) is 16.2. The number of carbonyl (C=O) groups excluding carboxylic acids is 2. The van der Waals surface area contributed by atoms with Crippen molar-refractivity contribution in [3.05, 3.63) is 55.0 Å². The van der Waals surface area contributed by atoms with Gasteiger partial charge in [-0.15, -0.1) is 6.42 Å². The second-order valence-corrected chi connectivity index (χ2v) is 10.8. The van der Waals surface area contributed by atoms with Crippen molar-refractivity contribution < 1.29 is 37.8 Å². The Hall–Kier alpha value is -3.13. The van der Waals surface area contributed by atoms with E-state index in [4.69, 9.17) is 24.9 Å². The van der Waals surface area contributed by atoms with Gasteiger partial charge in [0, 0.05) is 12.3 Å². The van der Waals surface area contributed by atoms with Crippen LogP contribution in [0.5, 0.6) is 5.75 Å². The van der Waals surface area contributed by atoms with Crippen molar-refractivity contribution in [3.8, 4) is 18.1 Å². The Labute approximate surface area is 216 Å². The standard InChI is InChI=1S/C25H32N3O8P/c1-7-25(6)22(30)20(35-24(25)28-14-13-21(29)26-18(28)5)15-33-37(32,36-19-11-9-8-10-12-19)27-17(4)23(31)34-16(2)3/h1,8-14,16-17,20,22,24,30H,5,15H2,2-4,6H3,(H,26,29)(H,27,32)/t17-,20+,22+,24+,25+,37+/m0/s1. The molecule has 0 radical (unpaired) electrons. The number of amides is 1. The van der Waals surface area contributed by atoms with Gasteiger partial charge in [0.25, 0.3) is 5.91 Å². The van der Waals surface area contributed by atoms with Crippen LogP contribution >= 0.6 is 7.75 Å². The van der Waals surface area contributed by atoms with E-state index in [1.54, 1.807) is 51.1 Å². The van der Waals surface area contributed by atoms with Gasteiger partial charge in [0.05, 0.1) is 12.7 Å². The zero-order valence-electron chi connectivity index (χ0n) is 21.1. The molecule has 1 aromatic rings. The van der Waals surface area contributed by atoms with Crippen LogP contribution in [0.25, 0.3) is 0 Å². The van der Waals surface area contributed by atoms with Crippen molar-refractivity contribution in [2.24, 2.45) is 5.41 Å². The number of esters is 1. The lowest BCUT2D eigenvalue weighted by molar-refractivity contribution is -0.149. The molecule has 1 aromatic carbocycles. The minimum Gasteiger partial charge on any atom is -0.462 e. The Morgan fingerprint density at radius 2 is 2.05 bits per heavy atom. The van der Waals surface area contributed by atoms with Crippen LogP contribution < -0.4 is 14.9 Å². The maximum Gasteiger partial charge on any atom is 0.459 e. The highest BCUT2D eigenvalue weighted by Crippen LogP contribution is 2.47. The molecule has 11 nitrogen and oxygen atoms in total. The molecule has 0 unspecified atom stereocenters. The second kappa shape index (κ2) is 11.5. The smallest absolute Gasteiger partial charge is 0.459 e. The first-order chi connectivity index (χ1) is 17.4. The van der Waals surface area contributed by atoms with Crippen molar-refractivity contribution in [3.63, 3.8) is 0 Å². The summed E-state index contributed by atoms with van der Waals surface area (Å²) in [6.45, 7) is 9.85. The monoisotopic (exact) mass is 533 g/mol. The Morgan fingerprint density at radius 1 is 1.38 bits per heavy atom. The van der Waals surface area contributed by atoms with Crippen molar-refractivity contribution in [1.29, 1.82) is 0 Å². The molecular formula is C25H32N3O8P. The fraction of sp³-hybridized carbons (Fsp3) is 0.440. The summed E-state index contributed by atoms with van der Waals surface area (Å²) in [6, 6.07) is 7.22. The summed E-state index contributed by atoms with van der Waals surface area (Å²) in [6.07, 6.45) is 4.89. The van der Waals surface area contributed by atoms with E-state index in [9.17, 15) is 19.3 Å². The molecule has 0 spiro atoms. The lowest BCUT2D eigenvalue weighted by Crippen LogP contribution is -2.48. The van der Waals surface area contributed by atoms with Gasteiger partial charge in [0.2, 0.25) is 0 Å². The zero-order valence-corrected chi connectivity index (χ0v) is 22.0. The fourth-order valence-corrected chi connectivity index (χ4v) is 5.27. The third-order valence-corrected chi connectivity index (χ3v) is 7.39. The number of carbonyl (C=O) groups is 2. The van der Waals surface area contributed by atoms with Crippen LogP contribution in [0.4, 0.5) is 0 Å². The van der Waals surface area contributed by atoms with Crippen LogP contribution in [0.2, 0.25) is 0 Å². The van der Waals surface area contributed by atoms with Gasteiger partial charge in [-0.3, -0.25) is 14.1 Å². The summed E-state index contributed by atoms with van der Waals surface area (Å²) in [5.74, 6) is 1.99. The van der Waals surface area contributed by atoms with Crippen LogP contribution in [0, 0.1) is 17.8 Å². The molecule has 2 aliphatic rings. The summed E-state index contributed by atoms with van der Waals surface area (Å²) in [4.78, 5) is 25.5. The Morgan fingerprint density at radius 3 is 2.65 bits per heavy atom. The fourth-order valence-electron chi connectivity index (χ4n) is 3.77. The molecule has 2 heterocycles. The number of ether oxygens (including phenoxy) is 2. The number of hydrogen-bond donors (Lipinski definition) is 3. The molecule has 12 heteroatoms. The average Bonchev–Trinajstić information content (AvgIpc) is 3.08. The lowest BCUT2D eigenvalue weighted by Gasteiger charge is -2.37. The van der Waals surface area contributed by atoms with Crippen molar-refractivity contribution in [2.75, 3.05) is 6.61 Å². The van der Waals surface area contributed by atoms with Crippen molar-refractivity contribution >= 4 is 19.6 Å². The summed E-state index contributed by atoms with van der Waals surface area (Å²) in [5.41, 5.74) is -1.25. The largest absolute Gasteiger partial charge is 0.462 e. The van der Waals surface area contributed by atoms with Crippen LogP contribution in [-0.2, 0) is 28.2 Å². The Bertz CT molecular complexity index is 1130. The molecule has 0 aromatic heterocycles. The van der Waals surface area contributed by atoms with Gasteiger partial charge in [0.1, 0.15) is 35.2 Å². The number of benzene rings is 1. The Kier molecular flexibility index (Phi) is 8.84. The molecule has 0 saturated carbocycles. The quantitative estimate of drug-likeness (QED) is 0.233. The topological polar surface area (TPSA) is 136 Å². The molecule has 1 fully saturated rings. The van der Waals surface area contributed by atoms with E-state index in [1.807, 2.05) is 0 Å². The average molecular weight is 534 g/mol. The van der Waals surface area contributed by atoms with Gasteiger partial charge in [0.15, 0.2) is 6.23 Å². The SMILES string of the molecule is C#C[C@]1(C)[C@H](O)[C@@H](CO[P@](=O)(N[C@@H](C)C(=O)OC(C)C)Oc2ccccc2)O[C@H]1N1C=CC(=O)NC1=C. The minimum absolute atomic E-state index is 0.213. The molecule has 37 heavy (non-hydrogen) atoms. The molecule has 3 rings (SSSR count). The van der Waals surface area contributed by atoms with E-state index in [0.717, 1.165) is 0 Å². The van der Waals surface area contributed by atoms with E-state index in [2.05, 4.69) is 22.9 Å². The van der Waals surface area contributed by atoms with E-state index in [1.165, 1.54) is 24.1 Å². The number of hydrogen-bond acceptors (Lipinski definition) is 9. The summed E-state index contributed by atoms with van der Waals surface area (Å²) in [7, 11) is -4.19. The number of nitrogens with zero attached hydrogens (tertiary/aromatic N) is 1. The van der Waals surface area contributed by atoms with Crippen molar-refractivity contribution in [1.82, 2.24) is 15.3 Å². The van der Waals surface area contributed by atoms with Gasteiger partial charge < -0.3 is 29.3 Å². The molecule has 1 amide bonds. The van der Waals surface area contributed by atoms with Crippen LogP contribution in [0.1, 0.15) is 27.7 Å². The molecule has 3 N–H and O–H groups in total. The van der Waals surface area contributed by atoms with Crippen LogP contribution in [-0.4, -0.2) is 59.1 Å². The molecular weight excluding hydrogens is 501 g/mol. The first kappa shape index (κ1) is 28.4. The highest BCUT2D eigenvalue weighted by atomic mass is 31.2. The maximum absolute atomic E-state index is 13.7. The Balaban J connectivity index is 1.80. The summed E-state index contributed by atoms with van der Waals surface area (Å²) >= 11 is 0. The molecule has 1 saturated heterocycles. The molecule has 0 aliphatic carbocycles. The number of nitrogens with one attached hydrogen (secondary N) is 2. The number of rotatable bonds is 10. The predicted molar refractivity (Wildman–Crippen MR) is 134 cm³/mol. The maximum atomic E-state index is 13.7. The van der Waals surface area contributed by atoms with Crippen molar-refractivity contribution in [2.45, 2.75) is 58.3 Å². The van der Waals surface area contributed by atoms with E-state index in [-0.39, 0.29) is 23.6 Å².